The molecule has 35 heavy (non-hydrogen) atoms. The van der Waals surface area contributed by atoms with Gasteiger partial charge in [0.1, 0.15) is 6.54 Å². The van der Waals surface area contributed by atoms with Crippen LogP contribution >= 0.6 is 0 Å². The first-order chi connectivity index (χ1) is 16.5. The molecule has 1 aliphatic rings. The van der Waals surface area contributed by atoms with E-state index in [1.807, 2.05) is 30.3 Å². The second-order valence-corrected chi connectivity index (χ2v) is 12.6. The number of sulfonamides is 2. The van der Waals surface area contributed by atoms with Gasteiger partial charge in [-0.05, 0) is 29.8 Å². The van der Waals surface area contributed by atoms with Gasteiger partial charge in [0.2, 0.25) is 26.0 Å². The monoisotopic (exact) mass is 520 g/mol. The van der Waals surface area contributed by atoms with E-state index in [9.17, 15) is 21.6 Å². The molecule has 0 saturated carbocycles. The Morgan fingerprint density at radius 1 is 0.914 bits per heavy atom. The van der Waals surface area contributed by atoms with E-state index in [0.29, 0.717) is 26.2 Å². The SMILES string of the molecule is CN(C)S(=O)(=O)c1ccc(N(CC(=O)N2CCN(C/C=C/c3ccccc3)CC2)S(C)(=O)=O)cc1. The number of rotatable bonds is 9. The highest BCUT2D eigenvalue weighted by Crippen LogP contribution is 2.22. The Morgan fingerprint density at radius 3 is 2.06 bits per heavy atom. The highest BCUT2D eigenvalue weighted by Gasteiger charge is 2.27. The Labute approximate surface area is 208 Å². The predicted octanol–water partition coefficient (Wildman–Crippen LogP) is 1.56. The summed E-state index contributed by atoms with van der Waals surface area (Å²) >= 11 is 0. The van der Waals surface area contributed by atoms with Crippen molar-refractivity contribution in [1.82, 2.24) is 14.1 Å². The summed E-state index contributed by atoms with van der Waals surface area (Å²) in [5, 5.41) is 0. The molecular weight excluding hydrogens is 488 g/mol. The van der Waals surface area contributed by atoms with E-state index in [-0.39, 0.29) is 23.0 Å². The molecule has 0 unspecified atom stereocenters. The van der Waals surface area contributed by atoms with Gasteiger partial charge in [-0.25, -0.2) is 21.1 Å². The van der Waals surface area contributed by atoms with Crippen molar-refractivity contribution in [2.24, 2.45) is 0 Å². The van der Waals surface area contributed by atoms with Gasteiger partial charge in [-0.2, -0.15) is 0 Å². The van der Waals surface area contributed by atoms with Crippen LogP contribution in [0, 0.1) is 0 Å². The standard InChI is InChI=1S/C24H32N4O5S2/c1-25(2)35(32,33)23-13-11-22(12-14-23)28(34(3,30)31)20-24(29)27-18-16-26(17-19-27)15-7-10-21-8-5-4-6-9-21/h4-14H,15-20H2,1-3H3/b10-7+. The molecule has 0 aliphatic carbocycles. The average molecular weight is 521 g/mol. The lowest BCUT2D eigenvalue weighted by Gasteiger charge is -2.35. The number of carbonyl (C=O) groups excluding carboxylic acids is 1. The highest BCUT2D eigenvalue weighted by molar-refractivity contribution is 7.92. The van der Waals surface area contributed by atoms with Gasteiger partial charge >= 0.3 is 0 Å². The maximum atomic E-state index is 12.9. The first kappa shape index (κ1) is 26.9. The fourth-order valence-corrected chi connectivity index (χ4v) is 5.45. The molecule has 0 bridgehead atoms. The number of hydrogen-bond acceptors (Lipinski definition) is 6. The van der Waals surface area contributed by atoms with Gasteiger partial charge < -0.3 is 4.90 Å². The molecular formula is C24H32N4O5S2. The molecule has 1 saturated heterocycles. The van der Waals surface area contributed by atoms with Crippen molar-refractivity contribution in [3.63, 3.8) is 0 Å². The van der Waals surface area contributed by atoms with Gasteiger partial charge in [0.15, 0.2) is 0 Å². The summed E-state index contributed by atoms with van der Waals surface area (Å²) < 4.78 is 51.5. The van der Waals surface area contributed by atoms with Crippen LogP contribution in [0.25, 0.3) is 6.08 Å². The van der Waals surface area contributed by atoms with Crippen LogP contribution in [0.5, 0.6) is 0 Å². The average Bonchev–Trinajstić information content (AvgIpc) is 2.83. The van der Waals surface area contributed by atoms with E-state index in [0.717, 1.165) is 27.0 Å². The zero-order chi connectivity index (χ0) is 25.6. The summed E-state index contributed by atoms with van der Waals surface area (Å²) in [6.07, 6.45) is 5.19. The fraction of sp³-hybridized carbons (Fsp3) is 0.375. The minimum atomic E-state index is -3.76. The molecule has 0 N–H and O–H groups in total. The number of nitrogens with zero attached hydrogens (tertiary/aromatic N) is 4. The molecule has 9 nitrogen and oxygen atoms in total. The normalized spacial score (nSPS) is 15.6. The van der Waals surface area contributed by atoms with Gasteiger partial charge in [-0.15, -0.1) is 0 Å². The van der Waals surface area contributed by atoms with Crippen molar-refractivity contribution in [2.45, 2.75) is 4.90 Å². The Bertz CT molecular complexity index is 1240. The molecule has 0 radical (unpaired) electrons. The summed E-state index contributed by atoms with van der Waals surface area (Å²) in [5.74, 6) is -0.292. The maximum Gasteiger partial charge on any atom is 0.243 e. The zero-order valence-electron chi connectivity index (χ0n) is 20.2. The molecule has 3 rings (SSSR count). The molecule has 1 aliphatic heterocycles. The Hall–Kier alpha value is -2.73. The van der Waals surface area contributed by atoms with Gasteiger partial charge in [0.05, 0.1) is 16.8 Å². The maximum absolute atomic E-state index is 12.9. The lowest BCUT2D eigenvalue weighted by atomic mass is 10.2. The topological polar surface area (TPSA) is 98.3 Å². The van der Waals surface area contributed by atoms with Crippen molar-refractivity contribution >= 4 is 37.7 Å². The number of benzene rings is 2. The lowest BCUT2D eigenvalue weighted by molar-refractivity contribution is -0.131. The number of carbonyl (C=O) groups is 1. The van der Waals surface area contributed by atoms with Crippen LogP contribution < -0.4 is 4.31 Å². The van der Waals surface area contributed by atoms with E-state index in [1.54, 1.807) is 4.90 Å². The first-order valence-corrected chi connectivity index (χ1v) is 14.5. The molecule has 1 amide bonds. The first-order valence-electron chi connectivity index (χ1n) is 11.2. The molecule has 0 aromatic heterocycles. The molecule has 0 atom stereocenters. The second-order valence-electron chi connectivity index (χ2n) is 8.55. The van der Waals surface area contributed by atoms with Gasteiger partial charge in [0, 0.05) is 46.8 Å². The number of anilines is 1. The van der Waals surface area contributed by atoms with E-state index < -0.39 is 20.0 Å². The molecule has 1 heterocycles. The molecule has 1 fully saturated rings. The molecule has 2 aromatic rings. The summed E-state index contributed by atoms with van der Waals surface area (Å²) in [6, 6.07) is 15.5. The third-order valence-electron chi connectivity index (χ3n) is 5.78. The molecule has 11 heteroatoms. The summed E-state index contributed by atoms with van der Waals surface area (Å²) in [7, 11) is -4.56. The van der Waals surface area contributed by atoms with Crippen molar-refractivity contribution in [1.29, 1.82) is 0 Å². The lowest BCUT2D eigenvalue weighted by Crippen LogP contribution is -2.51. The fourth-order valence-electron chi connectivity index (χ4n) is 3.70. The van der Waals surface area contributed by atoms with Crippen LogP contribution in [0.1, 0.15) is 5.56 Å². The van der Waals surface area contributed by atoms with Crippen LogP contribution in [0.3, 0.4) is 0 Å². The van der Waals surface area contributed by atoms with E-state index in [1.165, 1.54) is 38.4 Å². The predicted molar refractivity (Wildman–Crippen MR) is 138 cm³/mol. The molecule has 2 aromatic carbocycles. The largest absolute Gasteiger partial charge is 0.339 e. The summed E-state index contributed by atoms with van der Waals surface area (Å²) in [6.45, 7) is 2.84. The van der Waals surface area contributed by atoms with Crippen molar-refractivity contribution in [3.8, 4) is 0 Å². The smallest absolute Gasteiger partial charge is 0.243 e. The third kappa shape index (κ3) is 7.14. The van der Waals surface area contributed by atoms with E-state index in [4.69, 9.17) is 0 Å². The van der Waals surface area contributed by atoms with Crippen LogP contribution in [-0.4, -0.2) is 96.5 Å². The van der Waals surface area contributed by atoms with Gasteiger partial charge in [-0.1, -0.05) is 42.5 Å². The van der Waals surface area contributed by atoms with Crippen LogP contribution in [0.4, 0.5) is 5.69 Å². The minimum Gasteiger partial charge on any atom is -0.339 e. The number of piperazine rings is 1. The highest BCUT2D eigenvalue weighted by atomic mass is 32.2. The quantitative estimate of drug-likeness (QED) is 0.498. The summed E-state index contributed by atoms with van der Waals surface area (Å²) in [5.41, 5.74) is 1.37. The van der Waals surface area contributed by atoms with Crippen LogP contribution in [0.15, 0.2) is 65.6 Å². The minimum absolute atomic E-state index is 0.0449. The van der Waals surface area contributed by atoms with Crippen molar-refractivity contribution < 1.29 is 21.6 Å². The summed E-state index contributed by atoms with van der Waals surface area (Å²) in [4.78, 5) is 16.9. The zero-order valence-corrected chi connectivity index (χ0v) is 21.9. The third-order valence-corrected chi connectivity index (χ3v) is 8.75. The number of amides is 1. The van der Waals surface area contributed by atoms with Crippen molar-refractivity contribution in [2.75, 3.05) is 63.9 Å². The molecule has 0 spiro atoms. The van der Waals surface area contributed by atoms with Gasteiger partial charge in [0.25, 0.3) is 0 Å². The van der Waals surface area contributed by atoms with Crippen LogP contribution in [-0.2, 0) is 24.8 Å². The van der Waals surface area contributed by atoms with Gasteiger partial charge in [-0.3, -0.25) is 14.0 Å². The van der Waals surface area contributed by atoms with Crippen LogP contribution in [0.2, 0.25) is 0 Å². The Kier molecular flexibility index (Phi) is 8.70. The number of hydrogen-bond donors (Lipinski definition) is 0. The van der Waals surface area contributed by atoms with Crippen molar-refractivity contribution in [3.05, 3.63) is 66.2 Å². The van der Waals surface area contributed by atoms with E-state index in [2.05, 4.69) is 17.1 Å². The Balaban J connectivity index is 1.60. The molecule has 190 valence electrons. The second kappa shape index (κ2) is 11.3. The van der Waals surface area contributed by atoms with E-state index >= 15 is 0 Å². The Morgan fingerprint density at radius 2 is 1.51 bits per heavy atom.